The van der Waals surface area contributed by atoms with E-state index in [-0.39, 0.29) is 5.54 Å². The van der Waals surface area contributed by atoms with Crippen LogP contribution in [0.1, 0.15) is 54.9 Å². The molecule has 1 aliphatic heterocycles. The Balaban J connectivity index is 2.58. The van der Waals surface area contributed by atoms with Crippen LogP contribution >= 0.6 is 0 Å². The summed E-state index contributed by atoms with van der Waals surface area (Å²) in [5.41, 5.74) is 0.555. The first-order chi connectivity index (χ1) is 9.18. The summed E-state index contributed by atoms with van der Waals surface area (Å²) in [5.74, 6) is 0.623. The number of nitrogens with one attached hydrogen (secondary N) is 1. The monoisotopic (exact) mass is 284 g/mol. The molecule has 1 aliphatic rings. The minimum absolute atomic E-state index is 0.250. The molecule has 0 aromatic carbocycles. The summed E-state index contributed by atoms with van der Waals surface area (Å²) in [7, 11) is 0. The topological polar surface area (TPSA) is 24.5 Å². The Hall–Kier alpha value is -0.120. The summed E-state index contributed by atoms with van der Waals surface area (Å²) in [6, 6.07) is 0.588. The van der Waals surface area contributed by atoms with Crippen LogP contribution in [-0.4, -0.2) is 49.3 Å². The average molecular weight is 284 g/mol. The molecule has 1 fully saturated rings. The zero-order valence-electron chi connectivity index (χ0n) is 14.8. The Morgan fingerprint density at radius 1 is 1.35 bits per heavy atom. The van der Waals surface area contributed by atoms with Crippen LogP contribution in [0, 0.1) is 11.3 Å². The second-order valence-electron chi connectivity index (χ2n) is 8.12. The lowest BCUT2D eigenvalue weighted by Crippen LogP contribution is -2.65. The van der Waals surface area contributed by atoms with Crippen molar-refractivity contribution in [3.63, 3.8) is 0 Å². The van der Waals surface area contributed by atoms with Gasteiger partial charge in [0, 0.05) is 37.8 Å². The zero-order chi connectivity index (χ0) is 15.4. The van der Waals surface area contributed by atoms with E-state index in [9.17, 15) is 0 Å². The third kappa shape index (κ3) is 5.34. The summed E-state index contributed by atoms with van der Waals surface area (Å²) in [5, 5.41) is 3.76. The van der Waals surface area contributed by atoms with Crippen molar-refractivity contribution in [1.82, 2.24) is 10.2 Å². The third-order valence-corrected chi connectivity index (χ3v) is 4.47. The molecular formula is C17H36N2O. The van der Waals surface area contributed by atoms with E-state index >= 15 is 0 Å². The highest BCUT2D eigenvalue weighted by atomic mass is 16.5. The molecule has 1 heterocycles. The molecule has 2 unspecified atom stereocenters. The number of rotatable bonds is 6. The number of nitrogens with zero attached hydrogens (tertiary/aromatic N) is 1. The van der Waals surface area contributed by atoms with E-state index in [1.807, 2.05) is 0 Å². The molecule has 0 aromatic heterocycles. The molecule has 20 heavy (non-hydrogen) atoms. The van der Waals surface area contributed by atoms with Crippen LogP contribution in [0.5, 0.6) is 0 Å². The summed E-state index contributed by atoms with van der Waals surface area (Å²) < 4.78 is 5.80. The van der Waals surface area contributed by atoms with E-state index in [1.165, 1.54) is 6.42 Å². The molecule has 0 aromatic rings. The van der Waals surface area contributed by atoms with Crippen molar-refractivity contribution in [2.75, 3.05) is 32.8 Å². The summed E-state index contributed by atoms with van der Waals surface area (Å²) >= 11 is 0. The van der Waals surface area contributed by atoms with Crippen LogP contribution in [0.4, 0.5) is 0 Å². The van der Waals surface area contributed by atoms with Gasteiger partial charge in [-0.1, -0.05) is 41.5 Å². The Kier molecular flexibility index (Phi) is 6.49. The Morgan fingerprint density at radius 2 is 2.00 bits per heavy atom. The molecule has 0 radical (unpaired) electrons. The molecule has 120 valence electrons. The fourth-order valence-electron chi connectivity index (χ4n) is 2.91. The van der Waals surface area contributed by atoms with Crippen molar-refractivity contribution in [2.45, 2.75) is 66.5 Å². The minimum Gasteiger partial charge on any atom is -0.380 e. The van der Waals surface area contributed by atoms with Crippen molar-refractivity contribution in [1.29, 1.82) is 0 Å². The molecule has 0 bridgehead atoms. The Morgan fingerprint density at radius 3 is 2.50 bits per heavy atom. The Labute approximate surface area is 126 Å². The molecular weight excluding hydrogens is 248 g/mol. The van der Waals surface area contributed by atoms with E-state index in [4.69, 9.17) is 4.74 Å². The van der Waals surface area contributed by atoms with Gasteiger partial charge in [-0.2, -0.15) is 0 Å². The second kappa shape index (κ2) is 7.24. The van der Waals surface area contributed by atoms with Gasteiger partial charge in [0.05, 0.1) is 6.61 Å². The van der Waals surface area contributed by atoms with Crippen LogP contribution < -0.4 is 5.32 Å². The highest BCUT2D eigenvalue weighted by molar-refractivity contribution is 4.98. The van der Waals surface area contributed by atoms with Crippen molar-refractivity contribution < 1.29 is 4.74 Å². The maximum absolute atomic E-state index is 5.80. The van der Waals surface area contributed by atoms with Crippen LogP contribution in [0.3, 0.4) is 0 Å². The first-order valence-electron chi connectivity index (χ1n) is 8.25. The molecule has 0 amide bonds. The van der Waals surface area contributed by atoms with Crippen LogP contribution in [0.15, 0.2) is 0 Å². The first-order valence-corrected chi connectivity index (χ1v) is 8.25. The standard InChI is InChI=1S/C17H36N2O/c1-8-17(7)13-19(9-10-20-12-14(2)3)15(11-18-17)16(4,5)6/h14-15,18H,8-13H2,1-7H3. The molecule has 1 saturated heterocycles. The van der Waals surface area contributed by atoms with Gasteiger partial charge in [0.15, 0.2) is 0 Å². The van der Waals surface area contributed by atoms with Crippen molar-refractivity contribution in [3.05, 3.63) is 0 Å². The molecule has 2 atom stereocenters. The number of ether oxygens (including phenoxy) is 1. The van der Waals surface area contributed by atoms with E-state index in [2.05, 4.69) is 58.7 Å². The van der Waals surface area contributed by atoms with E-state index in [1.54, 1.807) is 0 Å². The minimum atomic E-state index is 0.250. The lowest BCUT2D eigenvalue weighted by atomic mass is 9.81. The molecule has 3 heteroatoms. The zero-order valence-corrected chi connectivity index (χ0v) is 14.8. The van der Waals surface area contributed by atoms with Gasteiger partial charge in [-0.15, -0.1) is 0 Å². The number of hydrogen-bond acceptors (Lipinski definition) is 3. The fraction of sp³-hybridized carbons (Fsp3) is 1.00. The molecule has 0 aliphatic carbocycles. The number of piperazine rings is 1. The highest BCUT2D eigenvalue weighted by Crippen LogP contribution is 2.29. The average Bonchev–Trinajstić information content (AvgIpc) is 2.33. The van der Waals surface area contributed by atoms with E-state index < -0.39 is 0 Å². The van der Waals surface area contributed by atoms with Gasteiger partial charge in [0.1, 0.15) is 0 Å². The van der Waals surface area contributed by atoms with Gasteiger partial charge < -0.3 is 10.1 Å². The first kappa shape index (κ1) is 17.9. The normalized spacial score (nSPS) is 29.1. The Bertz CT molecular complexity index is 285. The molecule has 1 N–H and O–H groups in total. The molecule has 3 nitrogen and oxygen atoms in total. The van der Waals surface area contributed by atoms with Crippen molar-refractivity contribution >= 4 is 0 Å². The van der Waals surface area contributed by atoms with Gasteiger partial charge in [0.2, 0.25) is 0 Å². The van der Waals surface area contributed by atoms with Crippen LogP contribution in [-0.2, 0) is 4.74 Å². The lowest BCUT2D eigenvalue weighted by Gasteiger charge is -2.50. The molecule has 0 saturated carbocycles. The SMILES string of the molecule is CCC1(C)CN(CCOCC(C)C)C(C(C)(C)C)CN1. The quantitative estimate of drug-likeness (QED) is 0.758. The highest BCUT2D eigenvalue weighted by Gasteiger charge is 2.39. The maximum Gasteiger partial charge on any atom is 0.0593 e. The predicted molar refractivity (Wildman–Crippen MR) is 87.2 cm³/mol. The summed E-state index contributed by atoms with van der Waals surface area (Å²) in [4.78, 5) is 2.64. The van der Waals surface area contributed by atoms with Gasteiger partial charge >= 0.3 is 0 Å². The summed E-state index contributed by atoms with van der Waals surface area (Å²) in [6.45, 7) is 21.0. The number of hydrogen-bond donors (Lipinski definition) is 1. The predicted octanol–water partition coefficient (Wildman–Crippen LogP) is 3.15. The van der Waals surface area contributed by atoms with Gasteiger partial charge in [-0.05, 0) is 24.7 Å². The van der Waals surface area contributed by atoms with Crippen molar-refractivity contribution in [3.8, 4) is 0 Å². The lowest BCUT2D eigenvalue weighted by molar-refractivity contribution is 0.000490. The van der Waals surface area contributed by atoms with E-state index in [0.717, 1.165) is 32.8 Å². The second-order valence-corrected chi connectivity index (χ2v) is 8.12. The summed E-state index contributed by atoms with van der Waals surface area (Å²) in [6.07, 6.45) is 1.17. The third-order valence-electron chi connectivity index (χ3n) is 4.47. The van der Waals surface area contributed by atoms with Crippen LogP contribution in [0.2, 0.25) is 0 Å². The van der Waals surface area contributed by atoms with E-state index in [0.29, 0.717) is 17.4 Å². The molecule has 1 rings (SSSR count). The van der Waals surface area contributed by atoms with Crippen LogP contribution in [0.25, 0.3) is 0 Å². The van der Waals surface area contributed by atoms with Crippen molar-refractivity contribution in [2.24, 2.45) is 11.3 Å². The molecule has 0 spiro atoms. The maximum atomic E-state index is 5.80. The smallest absolute Gasteiger partial charge is 0.0593 e. The van der Waals surface area contributed by atoms with Gasteiger partial charge in [-0.3, -0.25) is 4.90 Å². The fourth-order valence-corrected chi connectivity index (χ4v) is 2.91. The largest absolute Gasteiger partial charge is 0.380 e. The van der Waals surface area contributed by atoms with Gasteiger partial charge in [0.25, 0.3) is 0 Å². The van der Waals surface area contributed by atoms with Gasteiger partial charge in [-0.25, -0.2) is 0 Å².